The average molecular weight is 274 g/mol. The minimum atomic E-state index is -0.893. The molecule has 0 atom stereocenters. The minimum absolute atomic E-state index is 0.277. The maximum Gasteiger partial charge on any atom is 0.159 e. The number of rotatable bonds is 4. The van der Waals surface area contributed by atoms with E-state index in [0.717, 1.165) is 12.1 Å². The van der Waals surface area contributed by atoms with Crippen molar-refractivity contribution in [3.05, 3.63) is 59.2 Å². The summed E-state index contributed by atoms with van der Waals surface area (Å²) in [4.78, 5) is 0. The topological polar surface area (TPSA) is 45.0 Å². The molecule has 0 saturated heterocycles. The summed E-state index contributed by atoms with van der Waals surface area (Å²) in [6.07, 6.45) is 0. The summed E-state index contributed by atoms with van der Waals surface area (Å²) in [5.41, 5.74) is 1.61. The first-order valence-electron chi connectivity index (χ1n) is 5.90. The van der Waals surface area contributed by atoms with Crippen LogP contribution in [0.1, 0.15) is 11.1 Å². The van der Waals surface area contributed by atoms with Crippen LogP contribution in [0.2, 0.25) is 0 Å². The van der Waals surface area contributed by atoms with E-state index in [-0.39, 0.29) is 6.54 Å². The normalized spacial score (nSPS) is 9.90. The van der Waals surface area contributed by atoms with Gasteiger partial charge in [0.05, 0.1) is 18.4 Å². The van der Waals surface area contributed by atoms with Gasteiger partial charge in [-0.3, -0.25) is 0 Å². The van der Waals surface area contributed by atoms with E-state index in [4.69, 9.17) is 10.00 Å². The summed E-state index contributed by atoms with van der Waals surface area (Å²) in [6, 6.07) is 10.7. The van der Waals surface area contributed by atoms with Crippen LogP contribution in [0.15, 0.2) is 36.4 Å². The highest BCUT2D eigenvalue weighted by atomic mass is 19.2. The fraction of sp³-hybridized carbons (Fsp3) is 0.133. The second-order valence-electron chi connectivity index (χ2n) is 4.13. The van der Waals surface area contributed by atoms with E-state index in [0.29, 0.717) is 22.6 Å². The van der Waals surface area contributed by atoms with E-state index in [2.05, 4.69) is 11.4 Å². The van der Waals surface area contributed by atoms with Gasteiger partial charge in [-0.2, -0.15) is 5.26 Å². The predicted molar refractivity (Wildman–Crippen MR) is 71.4 cm³/mol. The van der Waals surface area contributed by atoms with Crippen LogP contribution in [-0.2, 0) is 6.54 Å². The molecule has 20 heavy (non-hydrogen) atoms. The van der Waals surface area contributed by atoms with Gasteiger partial charge in [-0.1, -0.05) is 6.07 Å². The van der Waals surface area contributed by atoms with Crippen molar-refractivity contribution >= 4 is 5.69 Å². The molecule has 102 valence electrons. The number of hydrogen-bond donors (Lipinski definition) is 1. The van der Waals surface area contributed by atoms with E-state index in [1.165, 1.54) is 13.2 Å². The lowest BCUT2D eigenvalue weighted by atomic mass is 10.1. The van der Waals surface area contributed by atoms with Gasteiger partial charge in [0.1, 0.15) is 11.8 Å². The third kappa shape index (κ3) is 3.04. The molecule has 2 aromatic carbocycles. The van der Waals surface area contributed by atoms with Gasteiger partial charge in [-0.05, 0) is 29.8 Å². The Bertz CT molecular complexity index is 665. The van der Waals surface area contributed by atoms with Gasteiger partial charge in [-0.15, -0.1) is 0 Å². The molecule has 5 heteroatoms. The van der Waals surface area contributed by atoms with Crippen molar-refractivity contribution in [3.8, 4) is 11.8 Å². The highest BCUT2D eigenvalue weighted by Gasteiger charge is 2.06. The molecule has 0 aliphatic carbocycles. The SMILES string of the molecule is COc1ccc(C#N)c(NCc2ccc(F)c(F)c2)c1. The monoisotopic (exact) mass is 274 g/mol. The molecule has 2 aromatic rings. The van der Waals surface area contributed by atoms with Crippen molar-refractivity contribution in [2.24, 2.45) is 0 Å². The maximum atomic E-state index is 13.1. The van der Waals surface area contributed by atoms with Crippen molar-refractivity contribution in [3.63, 3.8) is 0 Å². The van der Waals surface area contributed by atoms with Crippen LogP contribution in [0.3, 0.4) is 0 Å². The van der Waals surface area contributed by atoms with Crippen molar-refractivity contribution in [2.75, 3.05) is 12.4 Å². The molecule has 0 fully saturated rings. The number of nitrogens with zero attached hydrogens (tertiary/aromatic N) is 1. The quantitative estimate of drug-likeness (QED) is 0.928. The maximum absolute atomic E-state index is 13.1. The zero-order valence-electron chi connectivity index (χ0n) is 10.8. The van der Waals surface area contributed by atoms with E-state index >= 15 is 0 Å². The van der Waals surface area contributed by atoms with Crippen LogP contribution >= 0.6 is 0 Å². The van der Waals surface area contributed by atoms with E-state index in [9.17, 15) is 8.78 Å². The molecule has 0 spiro atoms. The summed E-state index contributed by atoms with van der Waals surface area (Å²) in [5.74, 6) is -1.17. The number of hydrogen-bond acceptors (Lipinski definition) is 3. The fourth-order valence-corrected chi connectivity index (χ4v) is 1.74. The molecule has 0 aliphatic rings. The number of nitrogens with one attached hydrogen (secondary N) is 1. The number of benzene rings is 2. The van der Waals surface area contributed by atoms with Gasteiger partial charge in [-0.25, -0.2) is 8.78 Å². The molecule has 0 unspecified atom stereocenters. The first-order valence-corrected chi connectivity index (χ1v) is 5.90. The largest absolute Gasteiger partial charge is 0.497 e. The van der Waals surface area contributed by atoms with Gasteiger partial charge in [0.25, 0.3) is 0 Å². The molecule has 0 aromatic heterocycles. The first kappa shape index (κ1) is 13.8. The standard InChI is InChI=1S/C15H12F2N2O/c1-20-12-4-3-11(8-18)15(7-12)19-9-10-2-5-13(16)14(17)6-10/h2-7,19H,9H2,1H3. The highest BCUT2D eigenvalue weighted by Crippen LogP contribution is 2.22. The van der Waals surface area contributed by atoms with E-state index < -0.39 is 11.6 Å². The lowest BCUT2D eigenvalue weighted by molar-refractivity contribution is 0.415. The van der Waals surface area contributed by atoms with Crippen molar-refractivity contribution in [1.29, 1.82) is 5.26 Å². The molecule has 0 aliphatic heterocycles. The summed E-state index contributed by atoms with van der Waals surface area (Å²) < 4.78 is 31.0. The van der Waals surface area contributed by atoms with Crippen molar-refractivity contribution in [1.82, 2.24) is 0 Å². The summed E-state index contributed by atoms with van der Waals surface area (Å²) >= 11 is 0. The Morgan fingerprint density at radius 1 is 1.15 bits per heavy atom. The molecular weight excluding hydrogens is 262 g/mol. The molecule has 0 amide bonds. The second kappa shape index (κ2) is 6.02. The van der Waals surface area contributed by atoms with Gasteiger partial charge in [0, 0.05) is 12.6 Å². The minimum Gasteiger partial charge on any atom is -0.497 e. The molecule has 0 heterocycles. The van der Waals surface area contributed by atoms with Crippen molar-refractivity contribution < 1.29 is 13.5 Å². The summed E-state index contributed by atoms with van der Waals surface area (Å²) in [7, 11) is 1.53. The average Bonchev–Trinajstić information content (AvgIpc) is 2.48. The molecular formula is C15H12F2N2O. The number of methoxy groups -OCH3 is 1. The van der Waals surface area contributed by atoms with E-state index in [1.807, 2.05) is 0 Å². The van der Waals surface area contributed by atoms with Crippen LogP contribution in [-0.4, -0.2) is 7.11 Å². The fourth-order valence-electron chi connectivity index (χ4n) is 1.74. The lowest BCUT2D eigenvalue weighted by Gasteiger charge is -2.10. The molecule has 0 saturated carbocycles. The molecule has 1 N–H and O–H groups in total. The predicted octanol–water partition coefficient (Wildman–Crippen LogP) is 3.46. The lowest BCUT2D eigenvalue weighted by Crippen LogP contribution is -2.02. The molecule has 0 radical (unpaired) electrons. The van der Waals surface area contributed by atoms with Crippen LogP contribution in [0, 0.1) is 23.0 Å². The smallest absolute Gasteiger partial charge is 0.159 e. The van der Waals surface area contributed by atoms with Gasteiger partial charge < -0.3 is 10.1 Å². The Hall–Kier alpha value is -2.61. The summed E-state index contributed by atoms with van der Waals surface area (Å²) in [6.45, 7) is 0.277. The second-order valence-corrected chi connectivity index (χ2v) is 4.13. The van der Waals surface area contributed by atoms with Crippen LogP contribution in [0.25, 0.3) is 0 Å². The Kier molecular flexibility index (Phi) is 4.16. The Morgan fingerprint density at radius 3 is 2.60 bits per heavy atom. The first-order chi connectivity index (χ1) is 9.63. The third-order valence-corrected chi connectivity index (χ3v) is 2.81. The Labute approximate surface area is 115 Å². The zero-order chi connectivity index (χ0) is 14.5. The zero-order valence-corrected chi connectivity index (χ0v) is 10.8. The van der Waals surface area contributed by atoms with Gasteiger partial charge in [0.2, 0.25) is 0 Å². The van der Waals surface area contributed by atoms with Gasteiger partial charge in [0.15, 0.2) is 11.6 Å². The molecule has 0 bridgehead atoms. The van der Waals surface area contributed by atoms with Crippen LogP contribution in [0.5, 0.6) is 5.75 Å². The number of nitriles is 1. The molecule has 2 rings (SSSR count). The van der Waals surface area contributed by atoms with Crippen LogP contribution < -0.4 is 10.1 Å². The number of halogens is 2. The summed E-state index contributed by atoms with van der Waals surface area (Å²) in [5, 5.41) is 12.0. The Morgan fingerprint density at radius 2 is 1.95 bits per heavy atom. The number of ether oxygens (including phenoxy) is 1. The third-order valence-electron chi connectivity index (χ3n) is 2.81. The van der Waals surface area contributed by atoms with Gasteiger partial charge >= 0.3 is 0 Å². The van der Waals surface area contributed by atoms with Crippen LogP contribution in [0.4, 0.5) is 14.5 Å². The number of anilines is 1. The Balaban J connectivity index is 2.17. The highest BCUT2D eigenvalue weighted by molar-refractivity contribution is 5.60. The van der Waals surface area contributed by atoms with E-state index in [1.54, 1.807) is 18.2 Å². The molecule has 3 nitrogen and oxygen atoms in total. The van der Waals surface area contributed by atoms with Crippen molar-refractivity contribution in [2.45, 2.75) is 6.54 Å².